The van der Waals surface area contributed by atoms with Crippen molar-refractivity contribution in [2.45, 2.75) is 44.2 Å². The van der Waals surface area contributed by atoms with Crippen LogP contribution in [-0.4, -0.2) is 25.0 Å². The Morgan fingerprint density at radius 2 is 1.85 bits per heavy atom. The molecule has 0 bridgehead atoms. The first-order valence-electron chi connectivity index (χ1n) is 11.1. The van der Waals surface area contributed by atoms with Crippen molar-refractivity contribution in [2.24, 2.45) is 0 Å². The van der Waals surface area contributed by atoms with Crippen molar-refractivity contribution in [3.05, 3.63) is 84.1 Å². The van der Waals surface area contributed by atoms with Crippen LogP contribution in [0.4, 0.5) is 10.1 Å². The Bertz CT molecular complexity index is 1090. The number of carbonyl (C=O) groups excluding carboxylic acids is 2. The van der Waals surface area contributed by atoms with Crippen LogP contribution in [0.3, 0.4) is 0 Å². The summed E-state index contributed by atoms with van der Waals surface area (Å²) in [4.78, 5) is 28.5. The Balaban J connectivity index is 1.82. The summed E-state index contributed by atoms with van der Waals surface area (Å²) in [6, 6.07) is 14.8. The van der Waals surface area contributed by atoms with E-state index < -0.39 is 17.8 Å². The lowest BCUT2D eigenvalue weighted by molar-refractivity contribution is -0.123. The Kier molecular flexibility index (Phi) is 7.07. The zero-order valence-electron chi connectivity index (χ0n) is 18.5. The van der Waals surface area contributed by atoms with Crippen molar-refractivity contribution in [1.29, 1.82) is 0 Å². The van der Waals surface area contributed by atoms with Crippen LogP contribution in [-0.2, 0) is 4.79 Å². The van der Waals surface area contributed by atoms with Crippen molar-refractivity contribution in [2.75, 3.05) is 12.0 Å². The number of nitrogens with zero attached hydrogens (tertiary/aromatic N) is 1. The number of amides is 2. The minimum atomic E-state index is -1.13. The molecule has 4 rings (SSSR count). The van der Waals surface area contributed by atoms with Crippen LogP contribution < -0.4 is 15.0 Å². The molecule has 1 aromatic heterocycles. The van der Waals surface area contributed by atoms with E-state index in [-0.39, 0.29) is 23.4 Å². The van der Waals surface area contributed by atoms with E-state index in [0.29, 0.717) is 11.3 Å². The van der Waals surface area contributed by atoms with E-state index in [1.54, 1.807) is 36.4 Å². The number of hydrogen-bond donors (Lipinski definition) is 1. The van der Waals surface area contributed by atoms with Crippen LogP contribution in [0.5, 0.6) is 5.75 Å². The molecule has 33 heavy (non-hydrogen) atoms. The van der Waals surface area contributed by atoms with Gasteiger partial charge in [-0.25, -0.2) is 4.39 Å². The molecule has 3 aromatic rings. The molecule has 1 atom stereocenters. The van der Waals surface area contributed by atoms with Crippen LogP contribution in [0.15, 0.2) is 71.3 Å². The number of carbonyl (C=O) groups is 2. The predicted octanol–water partition coefficient (Wildman–Crippen LogP) is 5.26. The Hall–Kier alpha value is -3.61. The zero-order valence-corrected chi connectivity index (χ0v) is 18.5. The molecule has 7 heteroatoms. The molecule has 0 radical (unpaired) electrons. The average molecular weight is 451 g/mol. The second-order valence-electron chi connectivity index (χ2n) is 8.13. The van der Waals surface area contributed by atoms with Crippen molar-refractivity contribution >= 4 is 17.5 Å². The van der Waals surface area contributed by atoms with E-state index in [4.69, 9.17) is 9.15 Å². The third-order valence-corrected chi connectivity index (χ3v) is 5.93. The quantitative estimate of drug-likeness (QED) is 0.533. The Morgan fingerprint density at radius 3 is 2.55 bits per heavy atom. The van der Waals surface area contributed by atoms with E-state index >= 15 is 4.39 Å². The number of benzene rings is 2. The number of anilines is 1. The lowest BCUT2D eigenvalue weighted by Gasteiger charge is -2.33. The first-order chi connectivity index (χ1) is 16.1. The van der Waals surface area contributed by atoms with Crippen molar-refractivity contribution in [1.82, 2.24) is 5.32 Å². The summed E-state index contributed by atoms with van der Waals surface area (Å²) in [6.45, 7) is 0. The number of ether oxygens (including phenoxy) is 1. The normalized spacial score (nSPS) is 15.0. The highest BCUT2D eigenvalue weighted by Gasteiger charge is 2.37. The highest BCUT2D eigenvalue weighted by molar-refractivity contribution is 6.08. The standard InChI is InChI=1S/C26H27FN2O4/c1-32-20-12-7-9-18(17-20)24(25(30)28-19-10-3-2-4-11-19)29(22-14-6-5-13-21(22)27)26(31)23-15-8-16-33-23/h5-9,12-17,19,24H,2-4,10-11H2,1H3,(H,28,30)/t24-/m1/s1. The summed E-state index contributed by atoms with van der Waals surface area (Å²) >= 11 is 0. The van der Waals surface area contributed by atoms with E-state index in [2.05, 4.69) is 5.32 Å². The van der Waals surface area contributed by atoms with Gasteiger partial charge in [0, 0.05) is 6.04 Å². The van der Waals surface area contributed by atoms with Gasteiger partial charge in [-0.2, -0.15) is 0 Å². The fourth-order valence-electron chi connectivity index (χ4n) is 4.29. The van der Waals surface area contributed by atoms with Crippen LogP contribution in [0, 0.1) is 5.82 Å². The number of hydrogen-bond acceptors (Lipinski definition) is 4. The summed E-state index contributed by atoms with van der Waals surface area (Å²) in [7, 11) is 1.53. The molecule has 1 aliphatic rings. The average Bonchev–Trinajstić information content (AvgIpc) is 3.38. The van der Waals surface area contributed by atoms with Gasteiger partial charge in [0.15, 0.2) is 5.76 Å². The summed E-state index contributed by atoms with van der Waals surface area (Å²) in [6.07, 6.45) is 6.35. The molecule has 2 aromatic carbocycles. The highest BCUT2D eigenvalue weighted by Crippen LogP contribution is 2.33. The minimum absolute atomic E-state index is 0.00878. The summed E-state index contributed by atoms with van der Waals surface area (Å²) in [5, 5.41) is 3.10. The maximum absolute atomic E-state index is 15.0. The maximum Gasteiger partial charge on any atom is 0.295 e. The third-order valence-electron chi connectivity index (χ3n) is 5.93. The molecule has 0 saturated heterocycles. The molecular formula is C26H27FN2O4. The van der Waals surface area contributed by atoms with Gasteiger partial charge in [0.05, 0.1) is 19.1 Å². The second kappa shape index (κ2) is 10.3. The summed E-state index contributed by atoms with van der Waals surface area (Å²) < 4.78 is 25.7. The summed E-state index contributed by atoms with van der Waals surface area (Å²) in [5.41, 5.74) is 0.497. The van der Waals surface area contributed by atoms with E-state index in [0.717, 1.165) is 32.1 Å². The van der Waals surface area contributed by atoms with Gasteiger partial charge in [-0.05, 0) is 54.8 Å². The molecule has 2 amide bonds. The van der Waals surface area contributed by atoms with Gasteiger partial charge in [-0.1, -0.05) is 43.5 Å². The number of methoxy groups -OCH3 is 1. The number of para-hydroxylation sites is 1. The Morgan fingerprint density at radius 1 is 1.06 bits per heavy atom. The first-order valence-corrected chi connectivity index (χ1v) is 11.1. The van der Waals surface area contributed by atoms with Gasteiger partial charge in [0.1, 0.15) is 17.6 Å². The Labute approximate surface area is 192 Å². The van der Waals surface area contributed by atoms with Gasteiger partial charge in [-0.15, -0.1) is 0 Å². The lowest BCUT2D eigenvalue weighted by Crippen LogP contribution is -2.47. The predicted molar refractivity (Wildman–Crippen MR) is 123 cm³/mol. The fraction of sp³-hybridized carbons (Fsp3) is 0.308. The number of furan rings is 1. The molecule has 1 fully saturated rings. The fourth-order valence-corrected chi connectivity index (χ4v) is 4.29. The zero-order chi connectivity index (χ0) is 23.2. The van der Waals surface area contributed by atoms with Gasteiger partial charge < -0.3 is 14.5 Å². The molecule has 1 saturated carbocycles. The monoisotopic (exact) mass is 450 g/mol. The molecule has 1 N–H and O–H groups in total. The van der Waals surface area contributed by atoms with Crippen molar-refractivity contribution in [3.63, 3.8) is 0 Å². The molecule has 0 spiro atoms. The lowest BCUT2D eigenvalue weighted by atomic mass is 9.94. The number of halogens is 1. The molecule has 6 nitrogen and oxygen atoms in total. The molecule has 172 valence electrons. The van der Waals surface area contributed by atoms with E-state index in [1.165, 1.54) is 42.5 Å². The molecule has 0 aliphatic heterocycles. The van der Waals surface area contributed by atoms with Crippen molar-refractivity contribution in [3.8, 4) is 5.75 Å². The second-order valence-corrected chi connectivity index (χ2v) is 8.13. The van der Waals surface area contributed by atoms with E-state index in [1.807, 2.05) is 0 Å². The van der Waals surface area contributed by atoms with Gasteiger partial charge in [-0.3, -0.25) is 14.5 Å². The molecule has 0 unspecified atom stereocenters. The van der Waals surface area contributed by atoms with Gasteiger partial charge in [0.25, 0.3) is 5.91 Å². The minimum Gasteiger partial charge on any atom is -0.497 e. The topological polar surface area (TPSA) is 71.8 Å². The van der Waals surface area contributed by atoms with Crippen molar-refractivity contribution < 1.29 is 23.1 Å². The van der Waals surface area contributed by atoms with Gasteiger partial charge in [0.2, 0.25) is 5.91 Å². The largest absolute Gasteiger partial charge is 0.497 e. The maximum atomic E-state index is 15.0. The number of rotatable bonds is 7. The molecular weight excluding hydrogens is 423 g/mol. The van der Waals surface area contributed by atoms with Crippen LogP contribution in [0.2, 0.25) is 0 Å². The first kappa shape index (κ1) is 22.6. The van der Waals surface area contributed by atoms with Gasteiger partial charge >= 0.3 is 0 Å². The SMILES string of the molecule is COc1cccc([C@H](C(=O)NC2CCCCC2)N(C(=O)c2ccco2)c2ccccc2F)c1. The van der Waals surface area contributed by atoms with Crippen LogP contribution in [0.25, 0.3) is 0 Å². The number of nitrogens with one attached hydrogen (secondary N) is 1. The highest BCUT2D eigenvalue weighted by atomic mass is 19.1. The van der Waals surface area contributed by atoms with Crippen LogP contribution in [0.1, 0.15) is 54.3 Å². The van der Waals surface area contributed by atoms with E-state index in [9.17, 15) is 9.59 Å². The third kappa shape index (κ3) is 5.08. The van der Waals surface area contributed by atoms with Crippen LogP contribution >= 0.6 is 0 Å². The summed E-state index contributed by atoms with van der Waals surface area (Å²) in [5.74, 6) is -1.07. The molecule has 1 aliphatic carbocycles. The smallest absolute Gasteiger partial charge is 0.295 e. The molecule has 1 heterocycles.